The lowest BCUT2D eigenvalue weighted by Crippen LogP contribution is -2.48. The molecule has 3 rings (SSSR count). The van der Waals surface area contributed by atoms with Crippen LogP contribution in [-0.4, -0.2) is 49.2 Å². The Labute approximate surface area is 165 Å². The lowest BCUT2D eigenvalue weighted by molar-refractivity contribution is -0.140. The standard InChI is InChI=1S/C18H24Cl2N2O3S/c1-13-4-2-3-9-22(13)18(23)14-7-10-21(11-8-14)26(24,25)17-12-15(19)5-6-16(17)20/h5-6,12-14H,2-4,7-11H2,1H3. The molecule has 2 aliphatic rings. The molecule has 2 aliphatic heterocycles. The lowest BCUT2D eigenvalue weighted by Gasteiger charge is -2.38. The fourth-order valence-electron chi connectivity index (χ4n) is 3.82. The van der Waals surface area contributed by atoms with Crippen LogP contribution in [0.1, 0.15) is 39.0 Å². The summed E-state index contributed by atoms with van der Waals surface area (Å²) in [7, 11) is -3.71. The average molecular weight is 419 g/mol. The molecule has 0 radical (unpaired) electrons. The SMILES string of the molecule is CC1CCCCN1C(=O)C1CCN(S(=O)(=O)c2cc(Cl)ccc2Cl)CC1. The molecule has 1 amide bonds. The van der Waals surface area contributed by atoms with Gasteiger partial charge in [-0.25, -0.2) is 8.42 Å². The predicted molar refractivity (Wildman–Crippen MR) is 103 cm³/mol. The number of carbonyl (C=O) groups is 1. The van der Waals surface area contributed by atoms with Crippen molar-refractivity contribution in [3.8, 4) is 0 Å². The number of benzene rings is 1. The predicted octanol–water partition coefficient (Wildman–Crippen LogP) is 3.80. The highest BCUT2D eigenvalue weighted by atomic mass is 35.5. The molecule has 8 heteroatoms. The van der Waals surface area contributed by atoms with E-state index in [9.17, 15) is 13.2 Å². The minimum atomic E-state index is -3.71. The van der Waals surface area contributed by atoms with Crippen molar-refractivity contribution < 1.29 is 13.2 Å². The third-order valence-electron chi connectivity index (χ3n) is 5.40. The number of hydrogen-bond acceptors (Lipinski definition) is 3. The third kappa shape index (κ3) is 4.03. The van der Waals surface area contributed by atoms with Gasteiger partial charge in [-0.15, -0.1) is 0 Å². The molecule has 144 valence electrons. The number of nitrogens with zero attached hydrogens (tertiary/aromatic N) is 2. The first-order valence-electron chi connectivity index (χ1n) is 9.06. The summed E-state index contributed by atoms with van der Waals surface area (Å²) >= 11 is 12.0. The summed E-state index contributed by atoms with van der Waals surface area (Å²) in [5.74, 6) is 0.0758. The van der Waals surface area contributed by atoms with E-state index in [1.807, 2.05) is 4.90 Å². The van der Waals surface area contributed by atoms with E-state index in [4.69, 9.17) is 23.2 Å². The van der Waals surface area contributed by atoms with E-state index in [-0.39, 0.29) is 27.8 Å². The molecule has 26 heavy (non-hydrogen) atoms. The Kier molecular flexibility index (Phi) is 6.17. The first-order chi connectivity index (χ1) is 12.3. The van der Waals surface area contributed by atoms with Crippen LogP contribution in [-0.2, 0) is 14.8 Å². The van der Waals surface area contributed by atoms with Gasteiger partial charge in [0.2, 0.25) is 15.9 Å². The third-order valence-corrected chi connectivity index (χ3v) is 8.02. The van der Waals surface area contributed by atoms with Crippen LogP contribution < -0.4 is 0 Å². The number of amides is 1. The van der Waals surface area contributed by atoms with Crippen molar-refractivity contribution in [3.05, 3.63) is 28.2 Å². The largest absolute Gasteiger partial charge is 0.340 e. The summed E-state index contributed by atoms with van der Waals surface area (Å²) in [5, 5.41) is 0.492. The molecule has 0 aliphatic carbocycles. The number of likely N-dealkylation sites (tertiary alicyclic amines) is 1. The first-order valence-corrected chi connectivity index (χ1v) is 11.3. The van der Waals surface area contributed by atoms with E-state index in [1.54, 1.807) is 6.07 Å². The summed E-state index contributed by atoms with van der Waals surface area (Å²) in [6.45, 7) is 3.56. The van der Waals surface area contributed by atoms with Crippen LogP contribution in [0, 0.1) is 5.92 Å². The zero-order valence-corrected chi connectivity index (χ0v) is 17.2. The van der Waals surface area contributed by atoms with E-state index in [1.165, 1.54) is 22.9 Å². The Bertz CT molecular complexity index is 777. The molecule has 2 heterocycles. The van der Waals surface area contributed by atoms with E-state index < -0.39 is 10.0 Å². The van der Waals surface area contributed by atoms with Crippen molar-refractivity contribution in [2.24, 2.45) is 5.92 Å². The van der Waals surface area contributed by atoms with Gasteiger partial charge in [0.15, 0.2) is 0 Å². The van der Waals surface area contributed by atoms with Gasteiger partial charge in [-0.1, -0.05) is 23.2 Å². The zero-order valence-electron chi connectivity index (χ0n) is 14.8. The van der Waals surface area contributed by atoms with Crippen LogP contribution >= 0.6 is 23.2 Å². The molecule has 0 saturated carbocycles. The number of sulfonamides is 1. The van der Waals surface area contributed by atoms with Crippen molar-refractivity contribution in [1.82, 2.24) is 9.21 Å². The highest BCUT2D eigenvalue weighted by Crippen LogP contribution is 2.31. The van der Waals surface area contributed by atoms with Crippen molar-refractivity contribution >= 4 is 39.1 Å². The van der Waals surface area contributed by atoms with Crippen molar-refractivity contribution in [3.63, 3.8) is 0 Å². The van der Waals surface area contributed by atoms with Crippen molar-refractivity contribution in [1.29, 1.82) is 0 Å². The summed E-state index contributed by atoms with van der Waals surface area (Å²) in [4.78, 5) is 14.8. The van der Waals surface area contributed by atoms with Crippen LogP contribution in [0.5, 0.6) is 0 Å². The molecular formula is C18H24Cl2N2O3S. The van der Waals surface area contributed by atoms with Gasteiger partial charge in [0.1, 0.15) is 4.90 Å². The van der Waals surface area contributed by atoms with Crippen LogP contribution in [0.15, 0.2) is 23.1 Å². The maximum Gasteiger partial charge on any atom is 0.244 e. The smallest absolute Gasteiger partial charge is 0.244 e. The molecule has 1 atom stereocenters. The van der Waals surface area contributed by atoms with Gasteiger partial charge in [0.05, 0.1) is 5.02 Å². The van der Waals surface area contributed by atoms with E-state index >= 15 is 0 Å². The van der Waals surface area contributed by atoms with Crippen LogP contribution in [0.4, 0.5) is 0 Å². The van der Waals surface area contributed by atoms with Gasteiger partial charge in [0.25, 0.3) is 0 Å². The monoisotopic (exact) mass is 418 g/mol. The molecule has 1 unspecified atom stereocenters. The molecule has 0 bridgehead atoms. The second kappa shape index (κ2) is 8.05. The normalized spacial score (nSPS) is 23.2. The Morgan fingerprint density at radius 2 is 1.77 bits per heavy atom. The highest BCUT2D eigenvalue weighted by molar-refractivity contribution is 7.89. The number of halogens is 2. The van der Waals surface area contributed by atoms with Crippen LogP contribution in [0.3, 0.4) is 0 Å². The molecule has 1 aromatic carbocycles. The maximum absolute atomic E-state index is 12.9. The Morgan fingerprint density at radius 3 is 2.42 bits per heavy atom. The van der Waals surface area contributed by atoms with Crippen molar-refractivity contribution in [2.45, 2.75) is 50.0 Å². The number of carbonyl (C=O) groups excluding carboxylic acids is 1. The second-order valence-electron chi connectivity index (χ2n) is 7.13. The highest BCUT2D eigenvalue weighted by Gasteiger charge is 2.36. The minimum absolute atomic E-state index is 0.0288. The second-order valence-corrected chi connectivity index (χ2v) is 9.88. The fourth-order valence-corrected chi connectivity index (χ4v) is 6.02. The average Bonchev–Trinajstić information content (AvgIpc) is 2.63. The maximum atomic E-state index is 12.9. The molecule has 0 aromatic heterocycles. The van der Waals surface area contributed by atoms with E-state index in [2.05, 4.69) is 6.92 Å². The number of hydrogen-bond donors (Lipinski definition) is 0. The van der Waals surface area contributed by atoms with Gasteiger partial charge in [-0.3, -0.25) is 4.79 Å². The van der Waals surface area contributed by atoms with E-state index in [0.29, 0.717) is 31.0 Å². The Balaban J connectivity index is 1.68. The Morgan fingerprint density at radius 1 is 1.08 bits per heavy atom. The molecule has 2 saturated heterocycles. The molecule has 0 N–H and O–H groups in total. The first kappa shape index (κ1) is 19.9. The lowest BCUT2D eigenvalue weighted by atomic mass is 9.94. The molecule has 1 aromatic rings. The van der Waals surface area contributed by atoms with E-state index in [0.717, 1.165) is 19.4 Å². The van der Waals surface area contributed by atoms with Gasteiger partial charge in [-0.05, 0) is 57.2 Å². The van der Waals surface area contributed by atoms with Crippen molar-refractivity contribution in [2.75, 3.05) is 19.6 Å². The summed E-state index contributed by atoms with van der Waals surface area (Å²) in [5.41, 5.74) is 0. The topological polar surface area (TPSA) is 57.7 Å². The summed E-state index contributed by atoms with van der Waals surface area (Å²) < 4.78 is 27.2. The number of piperidine rings is 2. The van der Waals surface area contributed by atoms with Crippen LogP contribution in [0.25, 0.3) is 0 Å². The van der Waals surface area contributed by atoms with Gasteiger partial charge >= 0.3 is 0 Å². The van der Waals surface area contributed by atoms with Crippen LogP contribution in [0.2, 0.25) is 10.0 Å². The minimum Gasteiger partial charge on any atom is -0.340 e. The summed E-state index contributed by atoms with van der Waals surface area (Å²) in [6, 6.07) is 4.72. The van der Waals surface area contributed by atoms with Gasteiger partial charge in [-0.2, -0.15) is 4.31 Å². The fraction of sp³-hybridized carbons (Fsp3) is 0.611. The zero-order chi connectivity index (χ0) is 18.9. The molecule has 0 spiro atoms. The van der Waals surface area contributed by atoms with Gasteiger partial charge < -0.3 is 4.90 Å². The number of rotatable bonds is 3. The molecule has 2 fully saturated rings. The summed E-state index contributed by atoms with van der Waals surface area (Å²) in [6.07, 6.45) is 4.35. The van der Waals surface area contributed by atoms with Gasteiger partial charge in [0, 0.05) is 36.6 Å². The molecule has 5 nitrogen and oxygen atoms in total. The quantitative estimate of drug-likeness (QED) is 0.749. The Hall–Kier alpha value is -0.820. The molecular weight excluding hydrogens is 395 g/mol.